The molecule has 0 fully saturated rings. The van der Waals surface area contributed by atoms with E-state index in [1.807, 2.05) is 0 Å². The fraction of sp³-hybridized carbons (Fsp3) is 1.00. The van der Waals surface area contributed by atoms with Crippen LogP contribution < -0.4 is 0 Å². The molecule has 0 aromatic rings. The molecule has 0 saturated heterocycles. The van der Waals surface area contributed by atoms with Gasteiger partial charge in [0.15, 0.2) is 0 Å². The van der Waals surface area contributed by atoms with Crippen LogP contribution in [0.2, 0.25) is 8.87 Å². The molecule has 0 spiro atoms. The van der Waals surface area contributed by atoms with Gasteiger partial charge >= 0.3 is 69.5 Å². The Balaban J connectivity index is 0. The average molecular weight is 377 g/mol. The van der Waals surface area contributed by atoms with E-state index in [1.165, 1.54) is 38.6 Å². The van der Waals surface area contributed by atoms with Crippen molar-refractivity contribution in [2.45, 2.75) is 67.8 Å². The molecule has 3 heteroatoms. The molecule has 2 nitrogen and oxygen atoms in total. The second kappa shape index (κ2) is 16.8. The Hall–Kier alpha value is 0.719. The van der Waals surface area contributed by atoms with Crippen LogP contribution >= 0.6 is 0 Å². The van der Waals surface area contributed by atoms with Crippen molar-refractivity contribution in [3.8, 4) is 0 Å². The van der Waals surface area contributed by atoms with Gasteiger partial charge in [-0.1, -0.05) is 0 Å². The molecule has 1 unspecified atom stereocenters. The summed E-state index contributed by atoms with van der Waals surface area (Å²) in [4.78, 5) is 4.48. The summed E-state index contributed by atoms with van der Waals surface area (Å²) in [5.74, 6) is 0. The molecule has 0 amide bonds. The van der Waals surface area contributed by atoms with Gasteiger partial charge in [0, 0.05) is 6.04 Å². The van der Waals surface area contributed by atoms with Crippen molar-refractivity contribution in [1.29, 1.82) is 0 Å². The number of nitrogens with zero attached hydrogens (tertiary/aromatic N) is 2. The summed E-state index contributed by atoms with van der Waals surface area (Å²) in [6.45, 7) is 8.02. The monoisotopic (exact) mass is 378 g/mol. The number of hydrogen-bond donors (Lipinski definition) is 0. The van der Waals surface area contributed by atoms with E-state index in [9.17, 15) is 0 Å². The van der Waals surface area contributed by atoms with Crippen molar-refractivity contribution in [3.05, 3.63) is 0 Å². The third kappa shape index (κ3) is 21.2. The molecule has 0 aromatic carbocycles. The Labute approximate surface area is 133 Å². The molecule has 0 aromatic heterocycles. The zero-order chi connectivity index (χ0) is 15.1. The molecule has 0 rings (SSSR count). The van der Waals surface area contributed by atoms with Crippen LogP contribution in [0.25, 0.3) is 0 Å². The van der Waals surface area contributed by atoms with Crippen LogP contribution in [-0.4, -0.2) is 71.7 Å². The average Bonchev–Trinajstić information content (AvgIpc) is 2.36. The Bertz CT molecular complexity index is 155. The zero-order valence-corrected chi connectivity index (χ0v) is 17.5. The van der Waals surface area contributed by atoms with Crippen molar-refractivity contribution < 1.29 is 0 Å². The molecule has 0 aliphatic carbocycles. The van der Waals surface area contributed by atoms with E-state index in [1.54, 1.807) is 8.87 Å². The molecule has 1 atom stereocenters. The molecular weight excluding hydrogens is 339 g/mol. The van der Waals surface area contributed by atoms with Gasteiger partial charge in [-0.2, -0.15) is 0 Å². The molecular formula is C16H38N2Sn+2. The number of hydrogen-bond acceptors (Lipinski definition) is 2. The third-order valence-electron chi connectivity index (χ3n) is 3.29. The van der Waals surface area contributed by atoms with Gasteiger partial charge in [0.05, 0.1) is 0 Å². The molecule has 19 heavy (non-hydrogen) atoms. The standard InChI is InChI=1S/C8H20N2.2C4H9.Sn/c1-8(10(4)5)6-7-9(2)3;2*1-3-4-2;/h8H,6-7H2,1-5H3;2*1,3-4H2,2H3;/q;;;+2. The predicted octanol–water partition coefficient (Wildman–Crippen LogP) is 4.02. The van der Waals surface area contributed by atoms with Gasteiger partial charge < -0.3 is 9.80 Å². The van der Waals surface area contributed by atoms with Crippen molar-refractivity contribution in [1.82, 2.24) is 9.80 Å². The van der Waals surface area contributed by atoms with Gasteiger partial charge in [0.25, 0.3) is 0 Å². The van der Waals surface area contributed by atoms with E-state index in [4.69, 9.17) is 0 Å². The second-order valence-corrected chi connectivity index (χ2v) is 10.1. The van der Waals surface area contributed by atoms with E-state index in [0.29, 0.717) is 6.04 Å². The second-order valence-electron chi connectivity index (χ2n) is 5.86. The maximum absolute atomic E-state index is 2.29. The van der Waals surface area contributed by atoms with Crippen LogP contribution in [0.3, 0.4) is 0 Å². The molecule has 0 aliphatic rings. The van der Waals surface area contributed by atoms with Gasteiger partial charge in [-0.15, -0.1) is 0 Å². The first-order valence-electron chi connectivity index (χ1n) is 7.97. The summed E-state index contributed by atoms with van der Waals surface area (Å²) in [6.07, 6.45) is 7.09. The Morgan fingerprint density at radius 3 is 1.68 bits per heavy atom. The molecule has 0 heterocycles. The molecule has 0 saturated carbocycles. The van der Waals surface area contributed by atoms with Gasteiger partial charge in [-0.3, -0.25) is 0 Å². The van der Waals surface area contributed by atoms with Crippen LogP contribution in [-0.2, 0) is 0 Å². The molecule has 0 aliphatic heterocycles. The van der Waals surface area contributed by atoms with Crippen molar-refractivity contribution in [2.75, 3.05) is 34.7 Å². The topological polar surface area (TPSA) is 6.48 Å². The van der Waals surface area contributed by atoms with Gasteiger partial charge in [-0.05, 0) is 48.1 Å². The van der Waals surface area contributed by atoms with Crippen LogP contribution in [0.15, 0.2) is 0 Å². The Morgan fingerprint density at radius 1 is 0.895 bits per heavy atom. The fourth-order valence-corrected chi connectivity index (χ4v) is 5.59. The Kier molecular flexibility index (Phi) is 19.4. The first-order chi connectivity index (χ1) is 8.95. The summed E-state index contributed by atoms with van der Waals surface area (Å²) in [6, 6.07) is 0.697. The van der Waals surface area contributed by atoms with E-state index in [2.05, 4.69) is 58.8 Å². The van der Waals surface area contributed by atoms with Crippen LogP contribution in [0.5, 0.6) is 0 Å². The normalized spacial score (nSPS) is 12.1. The summed E-state index contributed by atoms with van der Waals surface area (Å²) < 4.78 is 3.25. The van der Waals surface area contributed by atoms with E-state index in [0.717, 1.165) is 0 Å². The van der Waals surface area contributed by atoms with Crippen molar-refractivity contribution >= 4 is 21.1 Å². The van der Waals surface area contributed by atoms with Crippen molar-refractivity contribution in [2.24, 2.45) is 0 Å². The molecule has 114 valence electrons. The SMILES string of the molecule is CC(CCN(C)C)N(C)C.CCC[CH2][Sn+2][CH2]CCC. The minimum atomic E-state index is 0.149. The first-order valence-corrected chi connectivity index (χ1v) is 12.0. The summed E-state index contributed by atoms with van der Waals surface area (Å²) in [5, 5.41) is 0. The van der Waals surface area contributed by atoms with Gasteiger partial charge in [0.1, 0.15) is 0 Å². The predicted molar refractivity (Wildman–Crippen MR) is 91.5 cm³/mol. The minimum absolute atomic E-state index is 0.149. The van der Waals surface area contributed by atoms with E-state index < -0.39 is 0 Å². The fourth-order valence-electron chi connectivity index (χ4n) is 1.43. The molecule has 0 N–H and O–H groups in total. The Morgan fingerprint density at radius 2 is 1.37 bits per heavy atom. The number of unbranched alkanes of at least 4 members (excludes halogenated alkanes) is 2. The summed E-state index contributed by atoms with van der Waals surface area (Å²) >= 11 is 0.149. The summed E-state index contributed by atoms with van der Waals surface area (Å²) in [7, 11) is 8.48. The van der Waals surface area contributed by atoms with Crippen LogP contribution in [0.1, 0.15) is 52.9 Å². The van der Waals surface area contributed by atoms with E-state index >= 15 is 0 Å². The molecule has 0 bridgehead atoms. The van der Waals surface area contributed by atoms with Crippen molar-refractivity contribution in [3.63, 3.8) is 0 Å². The van der Waals surface area contributed by atoms with Crippen LogP contribution in [0.4, 0.5) is 0 Å². The quantitative estimate of drug-likeness (QED) is 0.419. The van der Waals surface area contributed by atoms with Gasteiger partial charge in [-0.25, -0.2) is 0 Å². The number of rotatable bonds is 10. The zero-order valence-electron chi connectivity index (χ0n) is 14.6. The van der Waals surface area contributed by atoms with Crippen LogP contribution in [0, 0.1) is 0 Å². The van der Waals surface area contributed by atoms with Gasteiger partial charge in [0.2, 0.25) is 0 Å². The summed E-state index contributed by atoms with van der Waals surface area (Å²) in [5.41, 5.74) is 0. The maximum atomic E-state index is 2.29. The molecule has 0 radical (unpaired) electrons. The third-order valence-corrected chi connectivity index (χ3v) is 7.33. The van der Waals surface area contributed by atoms with E-state index in [-0.39, 0.29) is 21.1 Å². The first kappa shape index (κ1) is 22.0.